The highest BCUT2D eigenvalue weighted by Crippen LogP contribution is 2.31. The van der Waals surface area contributed by atoms with Crippen molar-refractivity contribution in [3.8, 4) is 11.1 Å². The lowest BCUT2D eigenvalue weighted by Crippen LogP contribution is -2.09. The van der Waals surface area contributed by atoms with Crippen LogP contribution in [-0.2, 0) is 0 Å². The predicted molar refractivity (Wildman–Crippen MR) is 83.5 cm³/mol. The molecule has 20 heavy (non-hydrogen) atoms. The van der Waals surface area contributed by atoms with E-state index in [9.17, 15) is 4.79 Å². The van der Waals surface area contributed by atoms with Crippen molar-refractivity contribution in [2.45, 2.75) is 5.16 Å². The molecule has 0 aliphatic carbocycles. The van der Waals surface area contributed by atoms with Crippen LogP contribution in [0.15, 0.2) is 45.7 Å². The van der Waals surface area contributed by atoms with Crippen LogP contribution in [0, 0.1) is 0 Å². The molecular weight excluding hydrogens is 292 g/mol. The molecule has 102 valence electrons. The number of benzene rings is 1. The van der Waals surface area contributed by atoms with Crippen LogP contribution in [0.2, 0.25) is 0 Å². The van der Waals surface area contributed by atoms with E-state index in [0.717, 1.165) is 16.0 Å². The minimum Gasteiger partial charge on any atom is -0.396 e. The standard InChI is InChI=1S/C14H12N2O2S2/c17-6-7-19-14-15-12(18)11-10(8-20-13(11)16-14)9-4-2-1-3-5-9/h1-5,8,17H,6-7H2,(H,15,16,18). The smallest absolute Gasteiger partial charge is 0.260 e. The van der Waals surface area contributed by atoms with Crippen molar-refractivity contribution in [1.29, 1.82) is 0 Å². The summed E-state index contributed by atoms with van der Waals surface area (Å²) in [6.45, 7) is 0.0616. The quantitative estimate of drug-likeness (QED) is 0.574. The number of hydrogen-bond acceptors (Lipinski definition) is 5. The highest BCUT2D eigenvalue weighted by molar-refractivity contribution is 7.99. The summed E-state index contributed by atoms with van der Waals surface area (Å²) in [5.41, 5.74) is 1.80. The highest BCUT2D eigenvalue weighted by Gasteiger charge is 2.12. The maximum Gasteiger partial charge on any atom is 0.260 e. The van der Waals surface area contributed by atoms with Gasteiger partial charge in [-0.2, -0.15) is 0 Å². The summed E-state index contributed by atoms with van der Waals surface area (Å²) in [5.74, 6) is 0.519. The lowest BCUT2D eigenvalue weighted by molar-refractivity contribution is 0.322. The van der Waals surface area contributed by atoms with Gasteiger partial charge in [0, 0.05) is 16.7 Å². The van der Waals surface area contributed by atoms with Crippen molar-refractivity contribution in [3.63, 3.8) is 0 Å². The molecule has 2 N–H and O–H groups in total. The van der Waals surface area contributed by atoms with E-state index in [4.69, 9.17) is 5.11 Å². The van der Waals surface area contributed by atoms with Gasteiger partial charge >= 0.3 is 0 Å². The molecule has 0 radical (unpaired) electrons. The molecule has 0 unspecified atom stereocenters. The summed E-state index contributed by atoms with van der Waals surface area (Å²) in [4.78, 5) is 20.2. The van der Waals surface area contributed by atoms with E-state index in [1.165, 1.54) is 23.1 Å². The summed E-state index contributed by atoms with van der Waals surface area (Å²) in [6, 6.07) is 9.81. The van der Waals surface area contributed by atoms with Crippen LogP contribution in [0.3, 0.4) is 0 Å². The number of hydrogen-bond donors (Lipinski definition) is 2. The van der Waals surface area contributed by atoms with Gasteiger partial charge in [0.25, 0.3) is 5.56 Å². The van der Waals surface area contributed by atoms with Gasteiger partial charge in [0.2, 0.25) is 0 Å². The summed E-state index contributed by atoms with van der Waals surface area (Å²) in [5, 5.41) is 12.0. The topological polar surface area (TPSA) is 66.0 Å². The molecular formula is C14H12N2O2S2. The molecule has 0 atom stereocenters. The Bertz CT molecular complexity index is 781. The van der Waals surface area contributed by atoms with Gasteiger partial charge in [-0.25, -0.2) is 4.98 Å². The zero-order valence-electron chi connectivity index (χ0n) is 10.5. The molecule has 3 aromatic rings. The molecule has 1 aromatic carbocycles. The minimum atomic E-state index is -0.129. The van der Waals surface area contributed by atoms with E-state index < -0.39 is 0 Å². The number of aliphatic hydroxyl groups excluding tert-OH is 1. The summed E-state index contributed by atoms with van der Waals surface area (Å²) < 4.78 is 0. The van der Waals surface area contributed by atoms with Gasteiger partial charge in [-0.15, -0.1) is 11.3 Å². The maximum absolute atomic E-state index is 12.3. The van der Waals surface area contributed by atoms with E-state index >= 15 is 0 Å². The van der Waals surface area contributed by atoms with Gasteiger partial charge in [-0.05, 0) is 5.56 Å². The van der Waals surface area contributed by atoms with Crippen LogP contribution in [0.4, 0.5) is 0 Å². The van der Waals surface area contributed by atoms with Crippen LogP contribution in [0.25, 0.3) is 21.3 Å². The Kier molecular flexibility index (Phi) is 3.86. The fraction of sp³-hybridized carbons (Fsp3) is 0.143. The molecule has 4 nitrogen and oxygen atoms in total. The molecule has 6 heteroatoms. The molecule has 0 fully saturated rings. The second-order valence-electron chi connectivity index (χ2n) is 4.14. The Balaban J connectivity index is 2.12. The van der Waals surface area contributed by atoms with Crippen molar-refractivity contribution in [1.82, 2.24) is 9.97 Å². The van der Waals surface area contributed by atoms with Crippen molar-refractivity contribution in [2.24, 2.45) is 0 Å². The first-order valence-corrected chi connectivity index (χ1v) is 7.96. The van der Waals surface area contributed by atoms with E-state index in [1.807, 2.05) is 35.7 Å². The number of aromatic nitrogens is 2. The molecule has 2 aromatic heterocycles. The molecule has 3 rings (SSSR count). The number of rotatable bonds is 4. The maximum atomic E-state index is 12.3. The third-order valence-corrected chi connectivity index (χ3v) is 4.56. The molecule has 0 saturated carbocycles. The van der Waals surface area contributed by atoms with Gasteiger partial charge in [0.15, 0.2) is 5.16 Å². The molecule has 2 heterocycles. The number of nitrogens with zero attached hydrogens (tertiary/aromatic N) is 1. The molecule has 0 bridgehead atoms. The number of nitrogens with one attached hydrogen (secondary N) is 1. The lowest BCUT2D eigenvalue weighted by Gasteiger charge is -2.01. The predicted octanol–water partition coefficient (Wildman–Crippen LogP) is 2.74. The van der Waals surface area contributed by atoms with Crippen LogP contribution >= 0.6 is 23.1 Å². The number of aliphatic hydroxyl groups is 1. The molecule has 0 saturated heterocycles. The Morgan fingerprint density at radius 2 is 2.10 bits per heavy atom. The van der Waals surface area contributed by atoms with Gasteiger partial charge in [0.05, 0.1) is 12.0 Å². The average Bonchev–Trinajstić information content (AvgIpc) is 2.90. The first-order valence-electron chi connectivity index (χ1n) is 6.10. The zero-order chi connectivity index (χ0) is 13.9. The largest absolute Gasteiger partial charge is 0.396 e. The molecule has 0 amide bonds. The lowest BCUT2D eigenvalue weighted by atomic mass is 10.1. The van der Waals surface area contributed by atoms with E-state index in [2.05, 4.69) is 9.97 Å². The fourth-order valence-corrected chi connectivity index (χ4v) is 3.58. The second kappa shape index (κ2) is 5.78. The number of aromatic amines is 1. The third-order valence-electron chi connectivity index (χ3n) is 2.84. The Morgan fingerprint density at radius 1 is 1.30 bits per heavy atom. The summed E-state index contributed by atoms with van der Waals surface area (Å²) in [7, 11) is 0. The van der Waals surface area contributed by atoms with E-state index in [-0.39, 0.29) is 12.2 Å². The summed E-state index contributed by atoms with van der Waals surface area (Å²) in [6.07, 6.45) is 0. The first kappa shape index (κ1) is 13.4. The van der Waals surface area contributed by atoms with Crippen molar-refractivity contribution >= 4 is 33.3 Å². The number of thioether (sulfide) groups is 1. The van der Waals surface area contributed by atoms with Crippen LogP contribution in [0.1, 0.15) is 0 Å². The molecule has 0 spiro atoms. The second-order valence-corrected chi connectivity index (χ2v) is 6.08. The van der Waals surface area contributed by atoms with Gasteiger partial charge in [0.1, 0.15) is 4.83 Å². The average molecular weight is 304 g/mol. The van der Waals surface area contributed by atoms with Gasteiger partial charge in [-0.1, -0.05) is 42.1 Å². The monoisotopic (exact) mass is 304 g/mol. The first-order chi connectivity index (χ1) is 9.79. The van der Waals surface area contributed by atoms with Crippen molar-refractivity contribution < 1.29 is 5.11 Å². The Morgan fingerprint density at radius 3 is 2.85 bits per heavy atom. The molecule has 0 aliphatic heterocycles. The zero-order valence-corrected chi connectivity index (χ0v) is 12.1. The summed E-state index contributed by atoms with van der Waals surface area (Å²) >= 11 is 2.81. The van der Waals surface area contributed by atoms with Crippen LogP contribution in [-0.4, -0.2) is 27.4 Å². The Labute approximate surface area is 123 Å². The van der Waals surface area contributed by atoms with Gasteiger partial charge in [-0.3, -0.25) is 4.79 Å². The van der Waals surface area contributed by atoms with Crippen LogP contribution < -0.4 is 5.56 Å². The fourth-order valence-electron chi connectivity index (χ4n) is 1.97. The normalized spacial score (nSPS) is 11.1. The number of thiophene rings is 1. The number of fused-ring (bicyclic) bond motifs is 1. The van der Waals surface area contributed by atoms with E-state index in [1.54, 1.807) is 0 Å². The minimum absolute atomic E-state index is 0.0616. The Hall–Kier alpha value is -1.63. The highest BCUT2D eigenvalue weighted by atomic mass is 32.2. The van der Waals surface area contributed by atoms with Crippen molar-refractivity contribution in [3.05, 3.63) is 46.1 Å². The van der Waals surface area contributed by atoms with Crippen molar-refractivity contribution in [2.75, 3.05) is 12.4 Å². The van der Waals surface area contributed by atoms with Crippen LogP contribution in [0.5, 0.6) is 0 Å². The van der Waals surface area contributed by atoms with E-state index in [0.29, 0.717) is 16.3 Å². The van der Waals surface area contributed by atoms with Gasteiger partial charge < -0.3 is 10.1 Å². The number of H-pyrrole nitrogens is 1. The SMILES string of the molecule is O=c1[nH]c(SCCO)nc2scc(-c3ccccc3)c12. The third kappa shape index (κ3) is 2.49. The molecule has 0 aliphatic rings.